The Balaban J connectivity index is 0. The lowest BCUT2D eigenvalue weighted by Crippen LogP contribution is -2.42. The van der Waals surface area contributed by atoms with Gasteiger partial charge in [0.15, 0.2) is 0 Å². The smallest absolute Gasteiger partial charge is 0.407 e. The number of rotatable bonds is 3. The van der Waals surface area contributed by atoms with Crippen molar-refractivity contribution >= 4 is 12.0 Å². The summed E-state index contributed by atoms with van der Waals surface area (Å²) < 4.78 is 4.37. The summed E-state index contributed by atoms with van der Waals surface area (Å²) in [6, 6.07) is 0. The van der Waals surface area contributed by atoms with Gasteiger partial charge in [-0.3, -0.25) is 4.79 Å². The van der Waals surface area contributed by atoms with Crippen LogP contribution in [0.3, 0.4) is 0 Å². The minimum absolute atomic E-state index is 0.0323. The van der Waals surface area contributed by atoms with Crippen molar-refractivity contribution in [2.75, 3.05) is 40.3 Å². The lowest BCUT2D eigenvalue weighted by molar-refractivity contribution is -0.131. The molecule has 2 amide bonds. The number of hydrogen-bond donors (Lipinski definition) is 2. The molecule has 1 saturated heterocycles. The van der Waals surface area contributed by atoms with Crippen LogP contribution in [0.2, 0.25) is 0 Å². The number of ether oxygens (including phenoxy) is 1. The highest BCUT2D eigenvalue weighted by atomic mass is 16.5. The van der Waals surface area contributed by atoms with Gasteiger partial charge in [0.25, 0.3) is 0 Å². The summed E-state index contributed by atoms with van der Waals surface area (Å²) in [5.74, 6) is -0.0323. The van der Waals surface area contributed by atoms with Crippen LogP contribution in [-0.4, -0.2) is 57.2 Å². The average Bonchev–Trinajstić information content (AvgIpc) is 2.54. The van der Waals surface area contributed by atoms with Gasteiger partial charge in [-0.25, -0.2) is 4.79 Å². The number of methoxy groups -OCH3 is 1. The highest BCUT2D eigenvalue weighted by Crippen LogP contribution is 2.07. The number of carbonyl (C=O) groups is 2. The van der Waals surface area contributed by atoms with Gasteiger partial charge in [-0.05, 0) is 32.9 Å². The van der Waals surface area contributed by atoms with Crippen LogP contribution in [-0.2, 0) is 9.53 Å². The van der Waals surface area contributed by atoms with Crippen molar-refractivity contribution in [3.8, 4) is 0 Å². The van der Waals surface area contributed by atoms with Gasteiger partial charge in [-0.1, -0.05) is 27.2 Å². The molecule has 0 aromatic carbocycles. The summed E-state index contributed by atoms with van der Waals surface area (Å²) >= 11 is 0. The molecular weight excluding hydrogens is 270 g/mol. The maximum atomic E-state index is 11.5. The molecule has 0 unspecified atom stereocenters. The normalized spacial score (nSPS) is 13.1. The second-order valence-corrected chi connectivity index (χ2v) is 4.70. The van der Waals surface area contributed by atoms with Crippen LogP contribution in [0.25, 0.3) is 0 Å². The molecule has 0 atom stereocenters. The Morgan fingerprint density at radius 3 is 1.95 bits per heavy atom. The second-order valence-electron chi connectivity index (χ2n) is 4.70. The van der Waals surface area contributed by atoms with E-state index in [1.165, 1.54) is 20.0 Å². The number of piperidine rings is 1. The van der Waals surface area contributed by atoms with Crippen molar-refractivity contribution in [1.82, 2.24) is 15.5 Å². The van der Waals surface area contributed by atoms with Crippen molar-refractivity contribution in [3.05, 3.63) is 0 Å². The summed E-state index contributed by atoms with van der Waals surface area (Å²) in [7, 11) is 3.21. The molecule has 1 heterocycles. The van der Waals surface area contributed by atoms with Gasteiger partial charge in [0.1, 0.15) is 6.54 Å². The Hall–Kier alpha value is -1.30. The van der Waals surface area contributed by atoms with Crippen LogP contribution in [0.1, 0.15) is 46.5 Å². The van der Waals surface area contributed by atoms with Gasteiger partial charge < -0.3 is 20.3 Å². The fourth-order valence-corrected chi connectivity index (χ4v) is 1.48. The first kappa shape index (κ1) is 22.0. The Bertz CT molecular complexity index is 253. The van der Waals surface area contributed by atoms with Gasteiger partial charge in [-0.15, -0.1) is 0 Å². The van der Waals surface area contributed by atoms with Crippen LogP contribution in [0.4, 0.5) is 4.79 Å². The van der Waals surface area contributed by atoms with Crippen molar-refractivity contribution in [1.29, 1.82) is 0 Å². The summed E-state index contributed by atoms with van der Waals surface area (Å²) in [6.07, 6.45) is 4.00. The van der Waals surface area contributed by atoms with E-state index in [2.05, 4.69) is 36.1 Å². The molecule has 0 aromatic heterocycles. The minimum Gasteiger partial charge on any atom is -0.453 e. The van der Waals surface area contributed by atoms with Gasteiger partial charge >= 0.3 is 6.09 Å². The molecule has 0 bridgehead atoms. The van der Waals surface area contributed by atoms with E-state index in [0.29, 0.717) is 0 Å². The molecule has 2 N–H and O–H groups in total. The molecule has 1 rings (SSSR count). The monoisotopic (exact) mass is 303 g/mol. The van der Waals surface area contributed by atoms with Crippen LogP contribution in [0, 0.1) is 0 Å². The van der Waals surface area contributed by atoms with Gasteiger partial charge in [-0.2, -0.15) is 0 Å². The van der Waals surface area contributed by atoms with Gasteiger partial charge in [0.2, 0.25) is 5.91 Å². The topological polar surface area (TPSA) is 70.7 Å². The summed E-state index contributed by atoms with van der Waals surface area (Å²) in [4.78, 5) is 23.9. The van der Waals surface area contributed by atoms with E-state index in [-0.39, 0.29) is 12.5 Å². The molecule has 1 fully saturated rings. The first-order valence-corrected chi connectivity index (χ1v) is 7.81. The third-order valence-corrected chi connectivity index (χ3v) is 2.63. The van der Waals surface area contributed by atoms with E-state index >= 15 is 0 Å². The highest BCUT2D eigenvalue weighted by Gasteiger charge is 2.16. The van der Waals surface area contributed by atoms with E-state index in [1.54, 1.807) is 4.90 Å². The number of carbonyl (C=O) groups excluding carboxylic acids is 2. The van der Waals surface area contributed by atoms with E-state index in [9.17, 15) is 9.59 Å². The van der Waals surface area contributed by atoms with Crippen molar-refractivity contribution in [2.45, 2.75) is 46.5 Å². The summed E-state index contributed by atoms with van der Waals surface area (Å²) in [6.45, 7) is 9.04. The number of nitrogens with zero attached hydrogens (tertiary/aromatic N) is 1. The van der Waals surface area contributed by atoms with Crippen molar-refractivity contribution < 1.29 is 14.3 Å². The number of nitrogens with one attached hydrogen (secondary N) is 2. The largest absolute Gasteiger partial charge is 0.453 e. The van der Waals surface area contributed by atoms with E-state index in [1.807, 2.05) is 7.05 Å². The van der Waals surface area contributed by atoms with Crippen LogP contribution in [0.15, 0.2) is 0 Å². The Morgan fingerprint density at radius 1 is 1.10 bits per heavy atom. The molecule has 1 aliphatic heterocycles. The number of hydrogen-bond acceptors (Lipinski definition) is 4. The third kappa shape index (κ3) is 14.9. The second kappa shape index (κ2) is 16.8. The summed E-state index contributed by atoms with van der Waals surface area (Å²) in [5.41, 5.74) is 0. The highest BCUT2D eigenvalue weighted by molar-refractivity contribution is 5.82. The summed E-state index contributed by atoms with van der Waals surface area (Å²) in [5, 5.41) is 5.31. The lowest BCUT2D eigenvalue weighted by atomic mass is 10.1. The first-order chi connectivity index (χ1) is 10.1. The van der Waals surface area contributed by atoms with E-state index in [4.69, 9.17) is 0 Å². The molecule has 0 radical (unpaired) electrons. The Kier molecular flexibility index (Phi) is 17.5. The molecule has 0 spiro atoms. The van der Waals surface area contributed by atoms with E-state index < -0.39 is 6.09 Å². The molecule has 6 heteroatoms. The van der Waals surface area contributed by atoms with E-state index in [0.717, 1.165) is 32.5 Å². The zero-order valence-corrected chi connectivity index (χ0v) is 14.3. The van der Waals surface area contributed by atoms with Gasteiger partial charge in [0, 0.05) is 13.1 Å². The van der Waals surface area contributed by atoms with Crippen LogP contribution < -0.4 is 10.6 Å². The van der Waals surface area contributed by atoms with Gasteiger partial charge in [0.05, 0.1) is 7.11 Å². The lowest BCUT2D eigenvalue weighted by Gasteiger charge is -2.26. The molecule has 1 aliphatic rings. The molecule has 126 valence electrons. The molecule has 0 aliphatic carbocycles. The maximum absolute atomic E-state index is 11.5. The van der Waals surface area contributed by atoms with Crippen molar-refractivity contribution in [3.63, 3.8) is 0 Å². The molecule has 0 saturated carbocycles. The zero-order valence-electron chi connectivity index (χ0n) is 14.3. The fourth-order valence-electron chi connectivity index (χ4n) is 1.48. The molecule has 6 nitrogen and oxygen atoms in total. The minimum atomic E-state index is -0.560. The number of likely N-dealkylation sites (tertiary alicyclic amines) is 1. The Morgan fingerprint density at radius 2 is 1.57 bits per heavy atom. The predicted octanol–water partition coefficient (Wildman–Crippen LogP) is 2.00. The standard InChI is InChI=1S/C9H16N2O3.C3H9N.C3H8/c1-14-9(13)10-7-8(12)11-5-3-2-4-6-11;1-3-4-2;1-3-2/h2-7H2,1H3,(H,10,13);4H,3H2,1-2H3;3H2,1-2H3. The zero-order chi connectivity index (χ0) is 16.5. The predicted molar refractivity (Wildman–Crippen MR) is 86.4 cm³/mol. The number of alkyl carbamates (subject to hydrolysis) is 1. The van der Waals surface area contributed by atoms with Crippen molar-refractivity contribution in [2.24, 2.45) is 0 Å². The maximum Gasteiger partial charge on any atom is 0.407 e. The molecule has 0 aromatic rings. The third-order valence-electron chi connectivity index (χ3n) is 2.63. The SMILES string of the molecule is CCC.CCNC.COC(=O)NCC(=O)N1CCCCC1. The first-order valence-electron chi connectivity index (χ1n) is 7.81. The fraction of sp³-hybridized carbons (Fsp3) is 0.867. The Labute approximate surface area is 129 Å². The van der Waals surface area contributed by atoms with Crippen LogP contribution >= 0.6 is 0 Å². The molecule has 21 heavy (non-hydrogen) atoms. The quantitative estimate of drug-likeness (QED) is 0.836. The average molecular weight is 303 g/mol. The van der Waals surface area contributed by atoms with Crippen LogP contribution in [0.5, 0.6) is 0 Å². The number of amides is 2. The molecular formula is C15H33N3O3.